The number of ether oxygens (including phenoxy) is 1. The summed E-state index contributed by atoms with van der Waals surface area (Å²) in [5, 5.41) is 9.14. The summed E-state index contributed by atoms with van der Waals surface area (Å²) in [6.45, 7) is 6.06. The molecule has 0 unspecified atom stereocenters. The van der Waals surface area contributed by atoms with Crippen molar-refractivity contribution in [3.63, 3.8) is 0 Å². The lowest BCUT2D eigenvalue weighted by atomic mass is 10.7. The first-order valence-corrected chi connectivity index (χ1v) is 5.62. The second-order valence-corrected chi connectivity index (χ2v) is 4.25. The van der Waals surface area contributed by atoms with E-state index in [1.807, 2.05) is 0 Å². The van der Waals surface area contributed by atoms with Crippen LogP contribution in [0.1, 0.15) is 0 Å². The van der Waals surface area contributed by atoms with E-state index in [1.54, 1.807) is 0 Å². The highest BCUT2D eigenvalue weighted by Crippen LogP contribution is 1.67. The first-order valence-electron chi connectivity index (χ1n) is 5.62. The van der Waals surface area contributed by atoms with Crippen molar-refractivity contribution >= 4 is 11.9 Å². The van der Waals surface area contributed by atoms with Crippen LogP contribution in [0.4, 0.5) is 0 Å². The van der Waals surface area contributed by atoms with E-state index >= 15 is 0 Å². The van der Waals surface area contributed by atoms with Gasteiger partial charge in [0, 0.05) is 6.08 Å². The van der Waals surface area contributed by atoms with Crippen LogP contribution in [0.15, 0.2) is 25.3 Å². The molecule has 0 radical (unpaired) electrons. The summed E-state index contributed by atoms with van der Waals surface area (Å²) in [6, 6.07) is 0. The molecule has 0 fully saturated rings. The fourth-order valence-electron chi connectivity index (χ4n) is 0.0833. The third-order valence-electron chi connectivity index (χ3n) is 0.535. The molecule has 20 heavy (non-hydrogen) atoms. The van der Waals surface area contributed by atoms with E-state index in [0.29, 0.717) is 0 Å². The maximum atomic E-state index is 9.84. The second kappa shape index (κ2) is 26.2. The van der Waals surface area contributed by atoms with Gasteiger partial charge in [-0.25, -0.2) is 4.79 Å². The van der Waals surface area contributed by atoms with Gasteiger partial charge in [0.2, 0.25) is 0 Å². The van der Waals surface area contributed by atoms with E-state index < -0.39 is 11.9 Å². The number of carboxylic acid groups (broad SMARTS) is 1. The number of hydrogen-bond donors (Lipinski definition) is 2. The quantitative estimate of drug-likeness (QED) is 0.393. The molecule has 0 saturated carbocycles. The topological polar surface area (TPSA) is 75.3 Å². The van der Waals surface area contributed by atoms with Crippen LogP contribution in [0.25, 0.3) is 0 Å². The SMILES string of the molecule is C=CC(=O)OC.C=CC(=O)[O-].C[NH+](C)C.C[NH+](C)C.[Cl-]. The maximum absolute atomic E-state index is 9.84. The largest absolute Gasteiger partial charge is 1.00 e. The molecular weight excluding hydrogens is 284 g/mol. The van der Waals surface area contributed by atoms with Crippen molar-refractivity contribution in [2.24, 2.45) is 0 Å². The van der Waals surface area contributed by atoms with Crippen molar-refractivity contribution in [2.45, 2.75) is 0 Å². The van der Waals surface area contributed by atoms with E-state index in [2.05, 4.69) is 60.2 Å². The fourth-order valence-corrected chi connectivity index (χ4v) is 0.0833. The van der Waals surface area contributed by atoms with Crippen LogP contribution in [0.2, 0.25) is 0 Å². The van der Waals surface area contributed by atoms with E-state index in [-0.39, 0.29) is 12.4 Å². The number of aliphatic carboxylic acids is 1. The zero-order valence-corrected chi connectivity index (χ0v) is 14.3. The lowest BCUT2D eigenvalue weighted by molar-refractivity contribution is -0.836. The number of rotatable bonds is 2. The van der Waals surface area contributed by atoms with Gasteiger partial charge in [-0.15, -0.1) is 0 Å². The molecule has 0 bridgehead atoms. The van der Waals surface area contributed by atoms with Crippen LogP contribution < -0.4 is 27.3 Å². The standard InChI is InChI=1S/C4H6O2.2C3H9N.C3H4O2.ClH/c1-3-4(5)6-2;2*1-4(2)3;1-2-3(4)5;/h3H,1H2,2H3;2*1-3H3;2H,1H2,(H,4,5);1H. The number of hydrogen-bond acceptors (Lipinski definition) is 4. The molecule has 0 spiro atoms. The van der Waals surface area contributed by atoms with E-state index in [9.17, 15) is 4.79 Å². The first kappa shape index (κ1) is 31.2. The van der Waals surface area contributed by atoms with E-state index in [1.165, 1.54) is 16.9 Å². The molecule has 0 aliphatic carbocycles. The Morgan fingerprint density at radius 3 is 1.15 bits per heavy atom. The number of carboxylic acids is 1. The lowest BCUT2D eigenvalue weighted by Gasteiger charge is -1.88. The maximum Gasteiger partial charge on any atom is 0.329 e. The molecule has 0 aromatic rings. The Morgan fingerprint density at radius 2 is 1.15 bits per heavy atom. The number of carbonyl (C=O) groups excluding carboxylic acids is 2. The summed E-state index contributed by atoms with van der Waals surface area (Å²) in [6.07, 6.45) is 1.83. The van der Waals surface area contributed by atoms with Gasteiger partial charge in [0.05, 0.1) is 55.4 Å². The van der Waals surface area contributed by atoms with Crippen LogP contribution in [-0.4, -0.2) is 61.3 Å². The molecule has 0 aliphatic heterocycles. The zero-order chi connectivity index (χ0) is 16.4. The van der Waals surface area contributed by atoms with Crippen LogP contribution in [0.3, 0.4) is 0 Å². The summed E-state index contributed by atoms with van der Waals surface area (Å²) in [5.74, 6) is -1.62. The average molecular weight is 313 g/mol. The van der Waals surface area contributed by atoms with Crippen LogP contribution in [0, 0.1) is 0 Å². The minimum atomic E-state index is -1.23. The van der Waals surface area contributed by atoms with Gasteiger partial charge in [-0.05, 0) is 6.08 Å². The summed E-state index contributed by atoms with van der Waals surface area (Å²) in [5.41, 5.74) is 0. The lowest BCUT2D eigenvalue weighted by Crippen LogP contribution is -3.02. The Kier molecular flexibility index (Phi) is 40.9. The Labute approximate surface area is 129 Å². The van der Waals surface area contributed by atoms with Crippen molar-refractivity contribution in [3.8, 4) is 0 Å². The van der Waals surface area contributed by atoms with Crippen LogP contribution >= 0.6 is 0 Å². The number of quaternary nitrogens is 2. The molecule has 0 rings (SSSR count). The summed E-state index contributed by atoms with van der Waals surface area (Å²) < 4.78 is 4.14. The molecule has 0 amide bonds. The molecule has 2 N–H and O–H groups in total. The third-order valence-corrected chi connectivity index (χ3v) is 0.535. The Balaban J connectivity index is -0.0000000499. The van der Waals surface area contributed by atoms with Gasteiger partial charge in [0.1, 0.15) is 0 Å². The number of esters is 1. The zero-order valence-electron chi connectivity index (χ0n) is 13.6. The van der Waals surface area contributed by atoms with Gasteiger partial charge in [0.15, 0.2) is 0 Å². The fraction of sp³-hybridized carbons (Fsp3) is 0.538. The number of carbonyl (C=O) groups is 2. The average Bonchev–Trinajstić information content (AvgIpc) is 2.27. The minimum absolute atomic E-state index is 0. The van der Waals surface area contributed by atoms with Crippen molar-refractivity contribution in [1.29, 1.82) is 0 Å². The van der Waals surface area contributed by atoms with Gasteiger partial charge >= 0.3 is 5.97 Å². The monoisotopic (exact) mass is 312 g/mol. The molecule has 0 saturated heterocycles. The number of halogens is 1. The highest BCUT2D eigenvalue weighted by atomic mass is 35.5. The summed E-state index contributed by atoms with van der Waals surface area (Å²) >= 11 is 0. The number of methoxy groups -OCH3 is 1. The Bertz CT molecular complexity index is 233. The molecule has 0 aromatic heterocycles. The van der Waals surface area contributed by atoms with Gasteiger partial charge in [-0.1, -0.05) is 13.2 Å². The van der Waals surface area contributed by atoms with E-state index in [4.69, 9.17) is 9.90 Å². The highest BCUT2D eigenvalue weighted by Gasteiger charge is 1.81. The first-order chi connectivity index (χ1) is 8.54. The van der Waals surface area contributed by atoms with Crippen LogP contribution in [0.5, 0.6) is 0 Å². The summed E-state index contributed by atoms with van der Waals surface area (Å²) in [4.78, 5) is 21.8. The molecule has 0 aliphatic rings. The molecule has 0 heterocycles. The predicted molar refractivity (Wildman–Crippen MR) is 74.9 cm³/mol. The molecule has 0 aromatic carbocycles. The molecular formula is C13H29ClN2O4. The van der Waals surface area contributed by atoms with Gasteiger partial charge in [-0.3, -0.25) is 0 Å². The van der Waals surface area contributed by atoms with Crippen molar-refractivity contribution in [2.75, 3.05) is 49.4 Å². The van der Waals surface area contributed by atoms with Crippen molar-refractivity contribution in [1.82, 2.24) is 0 Å². The van der Waals surface area contributed by atoms with Crippen molar-refractivity contribution in [3.05, 3.63) is 25.3 Å². The molecule has 122 valence electrons. The Morgan fingerprint density at radius 1 is 0.950 bits per heavy atom. The molecule has 6 nitrogen and oxygen atoms in total. The summed E-state index contributed by atoms with van der Waals surface area (Å²) in [7, 11) is 13.8. The van der Waals surface area contributed by atoms with Crippen LogP contribution in [-0.2, 0) is 14.3 Å². The third kappa shape index (κ3) is 190. The van der Waals surface area contributed by atoms with E-state index in [0.717, 1.165) is 12.2 Å². The molecule has 7 heteroatoms. The van der Waals surface area contributed by atoms with Crippen molar-refractivity contribution < 1.29 is 41.6 Å². The Hall–Kier alpha value is -1.37. The predicted octanol–water partition coefficient (Wildman–Crippen LogP) is -6.21. The van der Waals surface area contributed by atoms with Gasteiger partial charge < -0.3 is 36.8 Å². The second-order valence-electron chi connectivity index (χ2n) is 4.25. The van der Waals surface area contributed by atoms with Gasteiger partial charge in [0.25, 0.3) is 0 Å². The normalized spacial score (nSPS) is 7.25. The van der Waals surface area contributed by atoms with Gasteiger partial charge in [-0.2, -0.15) is 0 Å². The number of nitrogens with one attached hydrogen (secondary N) is 2. The smallest absolute Gasteiger partial charge is 0.329 e. The minimum Gasteiger partial charge on any atom is -1.00 e. The highest BCUT2D eigenvalue weighted by molar-refractivity contribution is 5.80. The molecule has 0 atom stereocenters.